The summed E-state index contributed by atoms with van der Waals surface area (Å²) in [5, 5.41) is 12.4. The van der Waals surface area contributed by atoms with Gasteiger partial charge in [0.1, 0.15) is 0 Å². The van der Waals surface area contributed by atoms with Gasteiger partial charge in [0, 0.05) is 31.0 Å². The quantitative estimate of drug-likeness (QED) is 0.892. The molecule has 0 amide bonds. The van der Waals surface area contributed by atoms with E-state index in [0.717, 1.165) is 12.1 Å². The van der Waals surface area contributed by atoms with E-state index in [-0.39, 0.29) is 6.04 Å². The van der Waals surface area contributed by atoms with Gasteiger partial charge in [0.2, 0.25) is 0 Å². The fraction of sp³-hybridized carbons (Fsp3) is 0.333. The first kappa shape index (κ1) is 13.3. The van der Waals surface area contributed by atoms with Crippen molar-refractivity contribution >= 4 is 0 Å². The number of nitrogens with zero attached hydrogens (tertiary/aromatic N) is 3. The Balaban J connectivity index is 1.96. The van der Waals surface area contributed by atoms with E-state index in [1.165, 1.54) is 0 Å². The van der Waals surface area contributed by atoms with Gasteiger partial charge in [0.25, 0.3) is 0 Å². The van der Waals surface area contributed by atoms with Crippen molar-refractivity contribution in [2.75, 3.05) is 0 Å². The average molecular weight is 254 g/mol. The SMILES string of the molecule is CC(Cn1ccnc1)NC(C)c1cccc(C#N)c1. The Bertz CT molecular complexity index is 554. The Morgan fingerprint density at radius 2 is 2.26 bits per heavy atom. The lowest BCUT2D eigenvalue weighted by Crippen LogP contribution is -2.32. The van der Waals surface area contributed by atoms with Crippen LogP contribution in [0.2, 0.25) is 0 Å². The average Bonchev–Trinajstić information content (AvgIpc) is 2.91. The molecule has 0 aliphatic carbocycles. The Hall–Kier alpha value is -2.12. The number of hydrogen-bond acceptors (Lipinski definition) is 3. The zero-order valence-electron chi connectivity index (χ0n) is 11.2. The third-order valence-corrected chi connectivity index (χ3v) is 3.09. The van der Waals surface area contributed by atoms with Crippen molar-refractivity contribution in [2.24, 2.45) is 0 Å². The molecule has 0 spiro atoms. The highest BCUT2D eigenvalue weighted by molar-refractivity contribution is 5.34. The smallest absolute Gasteiger partial charge is 0.0991 e. The van der Waals surface area contributed by atoms with Gasteiger partial charge in [-0.05, 0) is 31.5 Å². The molecular weight excluding hydrogens is 236 g/mol. The van der Waals surface area contributed by atoms with Crippen molar-refractivity contribution in [1.29, 1.82) is 5.26 Å². The predicted molar refractivity (Wildman–Crippen MR) is 74.4 cm³/mol. The molecule has 4 heteroatoms. The largest absolute Gasteiger partial charge is 0.336 e. The maximum atomic E-state index is 8.92. The summed E-state index contributed by atoms with van der Waals surface area (Å²) < 4.78 is 2.05. The number of imidazole rings is 1. The minimum Gasteiger partial charge on any atom is -0.336 e. The molecule has 0 bridgehead atoms. The first-order valence-electron chi connectivity index (χ1n) is 6.41. The highest BCUT2D eigenvalue weighted by Crippen LogP contribution is 2.14. The predicted octanol–water partition coefficient (Wildman–Crippen LogP) is 2.49. The second-order valence-electron chi connectivity index (χ2n) is 4.79. The summed E-state index contributed by atoms with van der Waals surface area (Å²) in [6.45, 7) is 5.13. The number of hydrogen-bond donors (Lipinski definition) is 1. The van der Waals surface area contributed by atoms with Gasteiger partial charge in [-0.2, -0.15) is 5.26 Å². The Morgan fingerprint density at radius 1 is 1.42 bits per heavy atom. The van der Waals surface area contributed by atoms with Gasteiger partial charge in [-0.1, -0.05) is 12.1 Å². The van der Waals surface area contributed by atoms with Crippen molar-refractivity contribution in [3.63, 3.8) is 0 Å². The van der Waals surface area contributed by atoms with E-state index in [1.54, 1.807) is 6.20 Å². The maximum absolute atomic E-state index is 8.92. The van der Waals surface area contributed by atoms with Crippen molar-refractivity contribution in [1.82, 2.24) is 14.9 Å². The van der Waals surface area contributed by atoms with E-state index in [9.17, 15) is 0 Å². The molecule has 1 heterocycles. The van der Waals surface area contributed by atoms with Gasteiger partial charge in [0.05, 0.1) is 18.0 Å². The van der Waals surface area contributed by atoms with Crippen LogP contribution in [0.4, 0.5) is 0 Å². The molecule has 0 fully saturated rings. The topological polar surface area (TPSA) is 53.6 Å². The van der Waals surface area contributed by atoms with Crippen LogP contribution in [0.15, 0.2) is 43.0 Å². The molecule has 1 aromatic heterocycles. The summed E-state index contributed by atoms with van der Waals surface area (Å²) in [7, 11) is 0. The van der Waals surface area contributed by atoms with Gasteiger partial charge in [-0.3, -0.25) is 0 Å². The molecule has 98 valence electrons. The first-order chi connectivity index (χ1) is 9.19. The minimum absolute atomic E-state index is 0.215. The summed E-state index contributed by atoms with van der Waals surface area (Å²) in [5.41, 5.74) is 1.84. The van der Waals surface area contributed by atoms with Gasteiger partial charge >= 0.3 is 0 Å². The van der Waals surface area contributed by atoms with Crippen molar-refractivity contribution in [3.8, 4) is 6.07 Å². The minimum atomic E-state index is 0.215. The van der Waals surface area contributed by atoms with E-state index < -0.39 is 0 Å². The fourth-order valence-corrected chi connectivity index (χ4v) is 2.16. The normalized spacial score (nSPS) is 13.7. The molecule has 2 unspecified atom stereocenters. The molecule has 4 nitrogen and oxygen atoms in total. The lowest BCUT2D eigenvalue weighted by atomic mass is 10.0. The highest BCUT2D eigenvalue weighted by atomic mass is 15.1. The molecule has 2 atom stereocenters. The standard InChI is InChI=1S/C15H18N4/c1-12(10-19-7-6-17-11-19)18-13(2)15-5-3-4-14(8-15)9-16/h3-8,11-13,18H,10H2,1-2H3. The third-order valence-electron chi connectivity index (χ3n) is 3.09. The third kappa shape index (κ3) is 3.67. The van der Waals surface area contributed by atoms with Gasteiger partial charge in [-0.15, -0.1) is 0 Å². The number of nitrogens with one attached hydrogen (secondary N) is 1. The Kier molecular flexibility index (Phi) is 4.32. The molecule has 0 aliphatic rings. The van der Waals surface area contributed by atoms with Crippen molar-refractivity contribution in [3.05, 3.63) is 54.1 Å². The number of benzene rings is 1. The zero-order valence-corrected chi connectivity index (χ0v) is 11.2. The van der Waals surface area contributed by atoms with Gasteiger partial charge in [0.15, 0.2) is 0 Å². The zero-order chi connectivity index (χ0) is 13.7. The van der Waals surface area contributed by atoms with E-state index >= 15 is 0 Å². The number of nitriles is 1. The van der Waals surface area contributed by atoms with E-state index in [1.807, 2.05) is 36.8 Å². The van der Waals surface area contributed by atoms with Gasteiger partial charge in [-0.25, -0.2) is 4.98 Å². The monoisotopic (exact) mass is 254 g/mol. The van der Waals surface area contributed by atoms with Crippen molar-refractivity contribution in [2.45, 2.75) is 32.5 Å². The molecule has 0 radical (unpaired) electrons. The van der Waals surface area contributed by atoms with Gasteiger partial charge < -0.3 is 9.88 Å². The van der Waals surface area contributed by atoms with Crippen LogP contribution in [-0.2, 0) is 6.54 Å². The maximum Gasteiger partial charge on any atom is 0.0991 e. The van der Waals surface area contributed by atoms with Crippen LogP contribution >= 0.6 is 0 Å². The summed E-state index contributed by atoms with van der Waals surface area (Å²) in [6, 6.07) is 10.4. The summed E-state index contributed by atoms with van der Waals surface area (Å²) in [6.07, 6.45) is 5.56. The Morgan fingerprint density at radius 3 is 2.95 bits per heavy atom. The molecular formula is C15H18N4. The van der Waals surface area contributed by atoms with Crippen LogP contribution in [-0.4, -0.2) is 15.6 Å². The second kappa shape index (κ2) is 6.17. The molecule has 1 aromatic carbocycles. The van der Waals surface area contributed by atoms with Crippen LogP contribution in [0.25, 0.3) is 0 Å². The lowest BCUT2D eigenvalue weighted by Gasteiger charge is -2.20. The van der Waals surface area contributed by atoms with Crippen LogP contribution in [0.3, 0.4) is 0 Å². The second-order valence-corrected chi connectivity index (χ2v) is 4.79. The van der Waals surface area contributed by atoms with Crippen LogP contribution in [0.5, 0.6) is 0 Å². The van der Waals surface area contributed by atoms with Crippen LogP contribution < -0.4 is 5.32 Å². The molecule has 2 aromatic rings. The number of rotatable bonds is 5. The molecule has 19 heavy (non-hydrogen) atoms. The van der Waals surface area contributed by atoms with Crippen LogP contribution in [0.1, 0.15) is 31.0 Å². The summed E-state index contributed by atoms with van der Waals surface area (Å²) >= 11 is 0. The van der Waals surface area contributed by atoms with E-state index in [2.05, 4.69) is 34.8 Å². The molecule has 2 rings (SSSR count). The van der Waals surface area contributed by atoms with Crippen molar-refractivity contribution < 1.29 is 0 Å². The summed E-state index contributed by atoms with van der Waals surface area (Å²) in [4.78, 5) is 4.03. The highest BCUT2D eigenvalue weighted by Gasteiger charge is 2.10. The lowest BCUT2D eigenvalue weighted by molar-refractivity contribution is 0.430. The van der Waals surface area contributed by atoms with Crippen LogP contribution in [0, 0.1) is 11.3 Å². The van der Waals surface area contributed by atoms with E-state index in [0.29, 0.717) is 11.6 Å². The Labute approximate surface area is 113 Å². The first-order valence-corrected chi connectivity index (χ1v) is 6.41. The molecule has 1 N–H and O–H groups in total. The number of aromatic nitrogens is 2. The van der Waals surface area contributed by atoms with E-state index in [4.69, 9.17) is 5.26 Å². The molecule has 0 saturated carbocycles. The summed E-state index contributed by atoms with van der Waals surface area (Å²) in [5.74, 6) is 0. The fourth-order valence-electron chi connectivity index (χ4n) is 2.16. The molecule has 0 aliphatic heterocycles. The molecule has 0 saturated heterocycles.